The number of benzene rings is 1. The van der Waals surface area contributed by atoms with Gasteiger partial charge in [-0.25, -0.2) is 4.98 Å². The minimum atomic E-state index is -0.0848. The van der Waals surface area contributed by atoms with Crippen LogP contribution in [0.2, 0.25) is 0 Å². The molecule has 0 radical (unpaired) electrons. The summed E-state index contributed by atoms with van der Waals surface area (Å²) in [6.07, 6.45) is 10.4. The number of amides is 2. The average molecular weight is 431 g/mol. The van der Waals surface area contributed by atoms with Crippen LogP contribution in [0.1, 0.15) is 60.5 Å². The highest BCUT2D eigenvalue weighted by Crippen LogP contribution is 2.28. The Kier molecular flexibility index (Phi) is 6.69. The number of allylic oxidation sites excluding steroid dienone is 1. The van der Waals surface area contributed by atoms with Crippen LogP contribution in [0.3, 0.4) is 0 Å². The van der Waals surface area contributed by atoms with E-state index < -0.39 is 0 Å². The number of imidazole rings is 1. The molecular weight excluding hydrogens is 400 g/mol. The molecule has 1 fully saturated rings. The van der Waals surface area contributed by atoms with Crippen LogP contribution in [0, 0.1) is 0 Å². The molecule has 1 N–H and O–H groups in total. The molecule has 2 amide bonds. The van der Waals surface area contributed by atoms with Crippen molar-refractivity contribution in [3.63, 3.8) is 0 Å². The number of hydrogen-bond donors (Lipinski definition) is 1. The topological polar surface area (TPSA) is 66.7 Å². The molecule has 1 aromatic carbocycles. The van der Waals surface area contributed by atoms with Gasteiger partial charge < -0.3 is 14.6 Å². The zero-order valence-corrected chi connectivity index (χ0v) is 18.8. The van der Waals surface area contributed by atoms with Crippen molar-refractivity contribution in [1.29, 1.82) is 0 Å². The second kappa shape index (κ2) is 9.81. The molecule has 3 heterocycles. The lowest BCUT2D eigenvalue weighted by Gasteiger charge is -2.32. The van der Waals surface area contributed by atoms with E-state index in [4.69, 9.17) is 0 Å². The second-order valence-corrected chi connectivity index (χ2v) is 8.39. The zero-order chi connectivity index (χ0) is 22.5. The minimum Gasteiger partial charge on any atom is -0.348 e. The Bertz CT molecular complexity index is 1120. The predicted octanol–water partition coefficient (Wildman–Crippen LogP) is 4.33. The number of hydrogen-bond acceptors (Lipinski definition) is 3. The van der Waals surface area contributed by atoms with Gasteiger partial charge in [0.25, 0.3) is 5.91 Å². The first kappa shape index (κ1) is 21.8. The van der Waals surface area contributed by atoms with Crippen LogP contribution >= 0.6 is 0 Å². The largest absolute Gasteiger partial charge is 0.348 e. The van der Waals surface area contributed by atoms with E-state index in [2.05, 4.69) is 22.4 Å². The number of nitrogens with zero attached hydrogens (tertiary/aromatic N) is 3. The maximum Gasteiger partial charge on any atom is 0.251 e. The Labute approximate surface area is 189 Å². The third-order valence-electron chi connectivity index (χ3n) is 6.19. The summed E-state index contributed by atoms with van der Waals surface area (Å²) in [5, 5.41) is 2.98. The maximum atomic E-state index is 12.6. The van der Waals surface area contributed by atoms with Gasteiger partial charge in [0.1, 0.15) is 5.65 Å². The molecule has 1 saturated heterocycles. The second-order valence-electron chi connectivity index (χ2n) is 8.39. The van der Waals surface area contributed by atoms with Crippen molar-refractivity contribution < 1.29 is 9.59 Å². The summed E-state index contributed by atoms with van der Waals surface area (Å²) in [5.74, 6) is 0.496. The van der Waals surface area contributed by atoms with Crippen LogP contribution in [0.4, 0.5) is 0 Å². The number of carbonyl (C=O) groups is 2. The van der Waals surface area contributed by atoms with Crippen molar-refractivity contribution in [2.24, 2.45) is 0 Å². The number of likely N-dealkylation sites (tertiary alicyclic amines) is 1. The summed E-state index contributed by atoms with van der Waals surface area (Å²) in [7, 11) is 0. The normalized spacial score (nSPS) is 15.2. The number of aromatic nitrogens is 2. The van der Waals surface area contributed by atoms with E-state index in [1.165, 1.54) is 5.56 Å². The van der Waals surface area contributed by atoms with Crippen LogP contribution in [-0.2, 0) is 11.3 Å². The number of piperidine rings is 1. The number of fused-ring (bicyclic) bond motifs is 1. The Morgan fingerprint density at radius 3 is 2.59 bits per heavy atom. The van der Waals surface area contributed by atoms with E-state index in [-0.39, 0.29) is 11.8 Å². The molecule has 1 aliphatic heterocycles. The third-order valence-corrected chi connectivity index (χ3v) is 6.19. The van der Waals surface area contributed by atoms with E-state index >= 15 is 0 Å². The van der Waals surface area contributed by atoms with Crippen LogP contribution in [0.25, 0.3) is 5.65 Å². The lowest BCUT2D eigenvalue weighted by molar-refractivity contribution is -0.128. The summed E-state index contributed by atoms with van der Waals surface area (Å²) in [4.78, 5) is 31.3. The van der Waals surface area contributed by atoms with Gasteiger partial charge in [-0.2, -0.15) is 0 Å². The first-order chi connectivity index (χ1) is 15.5. The molecule has 0 bridgehead atoms. The van der Waals surface area contributed by atoms with Crippen molar-refractivity contribution >= 4 is 17.5 Å². The van der Waals surface area contributed by atoms with Crippen molar-refractivity contribution in [2.45, 2.75) is 45.6 Å². The summed E-state index contributed by atoms with van der Waals surface area (Å²) in [6, 6.07) is 11.8. The fourth-order valence-corrected chi connectivity index (χ4v) is 4.31. The van der Waals surface area contributed by atoms with E-state index in [0.29, 0.717) is 18.0 Å². The Balaban J connectivity index is 1.30. The predicted molar refractivity (Wildman–Crippen MR) is 125 cm³/mol. The molecule has 3 aromatic rings. The fraction of sp³-hybridized carbons (Fsp3) is 0.346. The van der Waals surface area contributed by atoms with Gasteiger partial charge in [0, 0.05) is 49.4 Å². The molecule has 0 atom stereocenters. The van der Waals surface area contributed by atoms with Crippen LogP contribution in [0.15, 0.2) is 66.6 Å². The highest BCUT2D eigenvalue weighted by atomic mass is 16.2. The third kappa shape index (κ3) is 4.90. The smallest absolute Gasteiger partial charge is 0.251 e. The Morgan fingerprint density at radius 1 is 1.12 bits per heavy atom. The molecule has 6 nitrogen and oxygen atoms in total. The Morgan fingerprint density at radius 2 is 1.88 bits per heavy atom. The van der Waals surface area contributed by atoms with E-state index in [0.717, 1.165) is 49.1 Å². The van der Waals surface area contributed by atoms with Crippen molar-refractivity contribution in [3.8, 4) is 0 Å². The van der Waals surface area contributed by atoms with E-state index in [9.17, 15) is 9.59 Å². The van der Waals surface area contributed by atoms with E-state index in [1.54, 1.807) is 6.20 Å². The molecule has 0 saturated carbocycles. The van der Waals surface area contributed by atoms with Gasteiger partial charge >= 0.3 is 0 Å². The molecule has 2 aromatic heterocycles. The molecule has 166 valence electrons. The summed E-state index contributed by atoms with van der Waals surface area (Å²) in [5.41, 5.74) is 4.61. The van der Waals surface area contributed by atoms with E-state index in [1.807, 2.05) is 65.9 Å². The van der Waals surface area contributed by atoms with Crippen LogP contribution in [0.5, 0.6) is 0 Å². The molecule has 6 heteroatoms. The molecule has 0 spiro atoms. The Hall–Kier alpha value is -3.41. The van der Waals surface area contributed by atoms with Gasteiger partial charge in [-0.05, 0) is 67.5 Å². The monoisotopic (exact) mass is 430 g/mol. The quantitative estimate of drug-likeness (QED) is 0.592. The van der Waals surface area contributed by atoms with Gasteiger partial charge in [-0.15, -0.1) is 0 Å². The van der Waals surface area contributed by atoms with Crippen molar-refractivity contribution in [3.05, 3.63) is 83.3 Å². The minimum absolute atomic E-state index is 0.0848. The number of carbonyl (C=O) groups excluding carboxylic acids is 2. The molecular formula is C26H30N4O2. The highest BCUT2D eigenvalue weighted by molar-refractivity contribution is 5.94. The van der Waals surface area contributed by atoms with Gasteiger partial charge in [0.15, 0.2) is 0 Å². The van der Waals surface area contributed by atoms with Crippen LogP contribution < -0.4 is 5.32 Å². The van der Waals surface area contributed by atoms with Gasteiger partial charge in [-0.3, -0.25) is 9.59 Å². The summed E-state index contributed by atoms with van der Waals surface area (Å²) >= 11 is 0. The fourth-order valence-electron chi connectivity index (χ4n) is 4.31. The molecule has 4 rings (SSSR count). The lowest BCUT2D eigenvalue weighted by Crippen LogP contribution is -2.38. The van der Waals surface area contributed by atoms with Crippen molar-refractivity contribution in [2.75, 3.05) is 13.1 Å². The van der Waals surface area contributed by atoms with Gasteiger partial charge in [0.05, 0.1) is 0 Å². The molecule has 1 aliphatic rings. The molecule has 0 unspecified atom stereocenters. The standard InChI is InChI=1S/C26H30N4O2/c1-3-4-19(2)26(32)30-14-10-22(11-15-30)21-5-7-23(8-6-21)25(31)28-18-20-9-13-29-16-12-27-24(29)17-20/h4-9,12-13,16-17,22H,3,10-11,14-15,18H2,1-2H3,(H,28,31). The zero-order valence-electron chi connectivity index (χ0n) is 18.8. The number of rotatable bonds is 6. The highest BCUT2D eigenvalue weighted by Gasteiger charge is 2.24. The number of nitrogens with one attached hydrogen (secondary N) is 1. The molecule has 32 heavy (non-hydrogen) atoms. The van der Waals surface area contributed by atoms with Gasteiger partial charge in [0.2, 0.25) is 5.91 Å². The lowest BCUT2D eigenvalue weighted by atomic mass is 9.88. The van der Waals surface area contributed by atoms with Gasteiger partial charge in [-0.1, -0.05) is 25.1 Å². The van der Waals surface area contributed by atoms with Crippen LogP contribution in [-0.4, -0.2) is 39.2 Å². The van der Waals surface area contributed by atoms with Crippen molar-refractivity contribution in [1.82, 2.24) is 19.6 Å². The number of pyridine rings is 1. The average Bonchev–Trinajstić information content (AvgIpc) is 3.30. The molecule has 0 aliphatic carbocycles. The first-order valence-electron chi connectivity index (χ1n) is 11.3. The maximum absolute atomic E-state index is 12.6. The summed E-state index contributed by atoms with van der Waals surface area (Å²) < 4.78 is 1.94. The first-order valence-corrected chi connectivity index (χ1v) is 11.3. The SMILES string of the molecule is CCC=C(C)C(=O)N1CCC(c2ccc(C(=O)NCc3ccn4ccnc4c3)cc2)CC1. The summed E-state index contributed by atoms with van der Waals surface area (Å²) in [6.45, 7) is 5.97.